The number of nitrogens with zero attached hydrogens (tertiary/aromatic N) is 5. The van der Waals surface area contributed by atoms with Gasteiger partial charge < -0.3 is 5.73 Å². The summed E-state index contributed by atoms with van der Waals surface area (Å²) in [4.78, 5) is 3.87. The molecule has 0 spiro atoms. The molecule has 16 heteroatoms. The lowest BCUT2D eigenvalue weighted by Crippen LogP contribution is -2.05. The summed E-state index contributed by atoms with van der Waals surface area (Å²) in [5.74, 6) is -0.228. The van der Waals surface area contributed by atoms with Gasteiger partial charge in [-0.2, -0.15) is 21.9 Å². The summed E-state index contributed by atoms with van der Waals surface area (Å²) in [7, 11) is -6.87. The average molecular weight is 479 g/mol. The van der Waals surface area contributed by atoms with E-state index in [0.29, 0.717) is 15.2 Å². The second-order valence-electron chi connectivity index (χ2n) is 5.60. The molecule has 29 heavy (non-hydrogen) atoms. The molecule has 1 aromatic carbocycles. The van der Waals surface area contributed by atoms with Crippen LogP contribution >= 0.6 is 23.1 Å². The highest BCUT2D eigenvalue weighted by molar-refractivity contribution is 8.00. The lowest BCUT2D eigenvalue weighted by Gasteiger charge is -1.97. The molecule has 0 radical (unpaired) electrons. The van der Waals surface area contributed by atoms with E-state index in [1.54, 1.807) is 7.05 Å². The van der Waals surface area contributed by atoms with Crippen LogP contribution in [0.4, 0.5) is 16.6 Å². The normalized spacial score (nSPS) is 12.9. The first kappa shape index (κ1) is 21.6. The standard InChI is InChI=1S/C13H14N6O6S4/c1-19-11(14)10(12(18-19)26-4-5-28(20,21)22)16-17-13-15-8-6-7(29(23,24)25)2-3-9(8)27-13/h2-3,6H,4-5,14H2,1H3,(H,20,21,22)(H,23,24,25). The van der Waals surface area contributed by atoms with Gasteiger partial charge in [-0.1, -0.05) is 11.3 Å². The van der Waals surface area contributed by atoms with E-state index in [1.807, 2.05) is 0 Å². The van der Waals surface area contributed by atoms with E-state index in [-0.39, 0.29) is 27.3 Å². The minimum absolute atomic E-state index is 0.0390. The number of nitrogens with two attached hydrogens (primary N) is 1. The maximum atomic E-state index is 11.2. The molecule has 2 aromatic heterocycles. The van der Waals surface area contributed by atoms with Crippen LogP contribution in [0.2, 0.25) is 0 Å². The lowest BCUT2D eigenvalue weighted by atomic mass is 10.3. The van der Waals surface area contributed by atoms with Gasteiger partial charge in [-0.25, -0.2) is 9.67 Å². The maximum Gasteiger partial charge on any atom is 0.294 e. The molecule has 0 saturated carbocycles. The molecule has 3 rings (SSSR count). The topological polar surface area (TPSA) is 190 Å². The summed E-state index contributed by atoms with van der Waals surface area (Å²) < 4.78 is 64.1. The Kier molecular flexibility index (Phi) is 5.93. The first-order valence-electron chi connectivity index (χ1n) is 7.64. The van der Waals surface area contributed by atoms with Gasteiger partial charge in [-0.15, -0.1) is 22.0 Å². The number of aryl methyl sites for hydroxylation is 1. The van der Waals surface area contributed by atoms with Gasteiger partial charge in [0.25, 0.3) is 20.2 Å². The minimum Gasteiger partial charge on any atom is -0.382 e. The number of thioether (sulfide) groups is 1. The van der Waals surface area contributed by atoms with E-state index in [9.17, 15) is 16.8 Å². The fourth-order valence-corrected chi connectivity index (χ4v) is 5.23. The molecule has 0 aliphatic carbocycles. The predicted molar refractivity (Wildman–Crippen MR) is 108 cm³/mol. The van der Waals surface area contributed by atoms with Crippen molar-refractivity contribution in [3.8, 4) is 0 Å². The molecule has 0 saturated heterocycles. The molecule has 3 aromatic rings. The monoisotopic (exact) mass is 478 g/mol. The van der Waals surface area contributed by atoms with Crippen molar-refractivity contribution in [2.75, 3.05) is 17.2 Å². The zero-order valence-corrected chi connectivity index (χ0v) is 17.9. The van der Waals surface area contributed by atoms with E-state index in [1.165, 1.54) is 22.9 Å². The average Bonchev–Trinajstić information content (AvgIpc) is 3.12. The van der Waals surface area contributed by atoms with Crippen molar-refractivity contribution in [2.45, 2.75) is 9.92 Å². The quantitative estimate of drug-likeness (QED) is 0.258. The van der Waals surface area contributed by atoms with Crippen LogP contribution in [0.25, 0.3) is 10.2 Å². The van der Waals surface area contributed by atoms with Crippen molar-refractivity contribution in [1.29, 1.82) is 0 Å². The summed E-state index contributed by atoms with van der Waals surface area (Å²) >= 11 is 2.18. The van der Waals surface area contributed by atoms with E-state index in [0.717, 1.165) is 23.1 Å². The second kappa shape index (κ2) is 7.96. The van der Waals surface area contributed by atoms with Gasteiger partial charge in [-0.3, -0.25) is 9.11 Å². The smallest absolute Gasteiger partial charge is 0.294 e. The lowest BCUT2D eigenvalue weighted by molar-refractivity contribution is 0.481. The molecular formula is C13H14N6O6S4. The van der Waals surface area contributed by atoms with Gasteiger partial charge in [0, 0.05) is 12.8 Å². The van der Waals surface area contributed by atoms with Gasteiger partial charge in [0.05, 0.1) is 20.9 Å². The highest BCUT2D eigenvalue weighted by atomic mass is 32.2. The Labute approximate surface area is 173 Å². The zero-order chi connectivity index (χ0) is 21.4. The number of fused-ring (bicyclic) bond motifs is 1. The minimum atomic E-state index is -4.35. The molecule has 0 amide bonds. The summed E-state index contributed by atoms with van der Waals surface area (Å²) in [6.07, 6.45) is 0. The van der Waals surface area contributed by atoms with Crippen molar-refractivity contribution in [1.82, 2.24) is 14.8 Å². The van der Waals surface area contributed by atoms with E-state index < -0.39 is 26.0 Å². The maximum absolute atomic E-state index is 11.2. The SMILES string of the molecule is Cn1nc(SCCS(=O)(=O)O)c(N=Nc2nc3cc(S(=O)(=O)O)ccc3s2)c1N. The molecule has 0 aliphatic heterocycles. The van der Waals surface area contributed by atoms with Crippen molar-refractivity contribution in [3.05, 3.63) is 18.2 Å². The van der Waals surface area contributed by atoms with Gasteiger partial charge >= 0.3 is 0 Å². The Hall–Kier alpha value is -2.11. The Bertz CT molecular complexity index is 1310. The zero-order valence-electron chi connectivity index (χ0n) is 14.6. The van der Waals surface area contributed by atoms with Crippen molar-refractivity contribution >= 4 is 70.2 Å². The van der Waals surface area contributed by atoms with Crippen LogP contribution in [-0.2, 0) is 27.3 Å². The van der Waals surface area contributed by atoms with Gasteiger partial charge in [0.1, 0.15) is 5.03 Å². The number of rotatable bonds is 7. The highest BCUT2D eigenvalue weighted by Gasteiger charge is 2.16. The largest absolute Gasteiger partial charge is 0.382 e. The van der Waals surface area contributed by atoms with Crippen LogP contribution in [0, 0.1) is 0 Å². The molecule has 2 heterocycles. The Morgan fingerprint density at radius 2 is 1.97 bits per heavy atom. The first-order valence-corrected chi connectivity index (χ1v) is 12.5. The van der Waals surface area contributed by atoms with Gasteiger partial charge in [0.2, 0.25) is 5.13 Å². The third kappa shape index (κ3) is 5.28. The fraction of sp³-hybridized carbons (Fsp3) is 0.231. The Morgan fingerprint density at radius 3 is 2.62 bits per heavy atom. The molecule has 0 aliphatic rings. The van der Waals surface area contributed by atoms with Crippen LogP contribution in [0.1, 0.15) is 0 Å². The number of nitrogen functional groups attached to an aromatic ring is 1. The van der Waals surface area contributed by atoms with Crippen molar-refractivity contribution in [2.24, 2.45) is 17.3 Å². The summed E-state index contributed by atoms with van der Waals surface area (Å²) in [5, 5.41) is 12.7. The molecule has 156 valence electrons. The van der Waals surface area contributed by atoms with Crippen molar-refractivity contribution < 1.29 is 25.9 Å². The van der Waals surface area contributed by atoms with E-state index in [4.69, 9.17) is 14.8 Å². The van der Waals surface area contributed by atoms with Crippen LogP contribution in [0.5, 0.6) is 0 Å². The third-order valence-corrected chi connectivity index (χ3v) is 7.20. The number of benzene rings is 1. The number of thiazole rings is 1. The molecule has 0 unspecified atom stereocenters. The Balaban J connectivity index is 1.87. The highest BCUT2D eigenvalue weighted by Crippen LogP contribution is 2.36. The number of azo groups is 1. The third-order valence-electron chi connectivity index (χ3n) is 3.50. The molecule has 4 N–H and O–H groups in total. The molecule has 0 bridgehead atoms. The number of hydrogen-bond acceptors (Lipinski definition) is 11. The number of hydrogen-bond donors (Lipinski definition) is 3. The summed E-state index contributed by atoms with van der Waals surface area (Å²) in [6.45, 7) is 0. The van der Waals surface area contributed by atoms with E-state index >= 15 is 0 Å². The van der Waals surface area contributed by atoms with E-state index in [2.05, 4.69) is 20.3 Å². The summed E-state index contributed by atoms with van der Waals surface area (Å²) in [6, 6.07) is 3.96. The Morgan fingerprint density at radius 1 is 1.24 bits per heavy atom. The number of anilines is 1. The van der Waals surface area contributed by atoms with Gasteiger partial charge in [-0.05, 0) is 18.2 Å². The number of aromatic nitrogens is 3. The van der Waals surface area contributed by atoms with Crippen LogP contribution in [-0.4, -0.2) is 52.2 Å². The second-order valence-corrected chi connectivity index (χ2v) is 10.7. The van der Waals surface area contributed by atoms with Crippen LogP contribution in [0.3, 0.4) is 0 Å². The van der Waals surface area contributed by atoms with Crippen LogP contribution < -0.4 is 5.73 Å². The molecule has 0 fully saturated rings. The van der Waals surface area contributed by atoms with Crippen LogP contribution in [0.15, 0.2) is 38.3 Å². The fourth-order valence-electron chi connectivity index (χ4n) is 2.13. The molecular weight excluding hydrogens is 464 g/mol. The van der Waals surface area contributed by atoms with Gasteiger partial charge in [0.15, 0.2) is 11.5 Å². The van der Waals surface area contributed by atoms with Crippen molar-refractivity contribution in [3.63, 3.8) is 0 Å². The molecule has 12 nitrogen and oxygen atoms in total. The molecule has 0 atom stereocenters. The first-order chi connectivity index (χ1) is 13.4. The predicted octanol–water partition coefficient (Wildman–Crippen LogP) is 2.25. The summed E-state index contributed by atoms with van der Waals surface area (Å²) in [5.41, 5.74) is 6.46.